The van der Waals surface area contributed by atoms with E-state index in [1.165, 1.54) is 43.5 Å². The second kappa shape index (κ2) is 9.03. The zero-order chi connectivity index (χ0) is 24.0. The van der Waals surface area contributed by atoms with Crippen molar-refractivity contribution in [2.75, 3.05) is 0 Å². The molecular weight excluding hydrogens is 432 g/mol. The van der Waals surface area contributed by atoms with E-state index in [2.05, 4.69) is 112 Å². The third-order valence-electron chi connectivity index (χ3n) is 6.65. The van der Waals surface area contributed by atoms with Gasteiger partial charge in [-0.25, -0.2) is 4.98 Å². The SMILES string of the molecule is CC(C)Cc1ccc2scc(-c3nc4ccccc4n3-c3c(C(C)C)cccc3C(C)C)c2c1. The molecule has 0 bridgehead atoms. The fourth-order valence-corrected chi connectivity index (χ4v) is 5.97. The molecule has 0 amide bonds. The van der Waals surface area contributed by atoms with Crippen LogP contribution >= 0.6 is 11.3 Å². The monoisotopic (exact) mass is 466 g/mol. The largest absolute Gasteiger partial charge is 0.292 e. The van der Waals surface area contributed by atoms with Crippen molar-refractivity contribution >= 4 is 32.5 Å². The Morgan fingerprint density at radius 1 is 0.824 bits per heavy atom. The van der Waals surface area contributed by atoms with Gasteiger partial charge < -0.3 is 0 Å². The number of rotatable bonds is 6. The Balaban J connectivity index is 1.86. The van der Waals surface area contributed by atoms with Crippen LogP contribution < -0.4 is 0 Å². The summed E-state index contributed by atoms with van der Waals surface area (Å²) in [7, 11) is 0. The van der Waals surface area contributed by atoms with E-state index in [-0.39, 0.29) is 0 Å². The third kappa shape index (κ3) is 3.96. The van der Waals surface area contributed by atoms with Crippen molar-refractivity contribution in [2.24, 2.45) is 5.92 Å². The highest BCUT2D eigenvalue weighted by Crippen LogP contribution is 2.40. The average molecular weight is 467 g/mol. The lowest BCUT2D eigenvalue weighted by molar-refractivity contribution is 0.648. The average Bonchev–Trinajstić information content (AvgIpc) is 3.38. The standard InChI is InChI=1S/C31H34N2S/c1-19(2)16-22-14-15-29-25(17-22)26(18-34-29)31-32-27-12-7-8-13-28(27)33(31)30-23(20(3)4)10-9-11-24(30)21(5)6/h7-15,17-21H,16H2,1-6H3. The Kier molecular flexibility index (Phi) is 6.07. The van der Waals surface area contributed by atoms with Crippen molar-refractivity contribution in [1.29, 1.82) is 0 Å². The molecule has 0 spiro atoms. The number of thiophene rings is 1. The second-order valence-corrected chi connectivity index (χ2v) is 11.3. The van der Waals surface area contributed by atoms with E-state index in [1.54, 1.807) is 0 Å². The van der Waals surface area contributed by atoms with E-state index in [0.29, 0.717) is 17.8 Å². The van der Waals surface area contributed by atoms with Crippen LogP contribution in [-0.4, -0.2) is 9.55 Å². The Labute approximate surface area is 207 Å². The van der Waals surface area contributed by atoms with Gasteiger partial charge in [0.15, 0.2) is 0 Å². The molecule has 0 radical (unpaired) electrons. The molecule has 0 atom stereocenters. The fraction of sp³-hybridized carbons (Fsp3) is 0.323. The molecule has 0 saturated heterocycles. The molecule has 2 nitrogen and oxygen atoms in total. The van der Waals surface area contributed by atoms with Crippen molar-refractivity contribution < 1.29 is 0 Å². The number of benzene rings is 3. The van der Waals surface area contributed by atoms with Gasteiger partial charge in [-0.05, 0) is 65.1 Å². The van der Waals surface area contributed by atoms with Gasteiger partial charge in [-0.2, -0.15) is 0 Å². The molecule has 5 rings (SSSR count). The molecule has 2 heterocycles. The highest BCUT2D eigenvalue weighted by Gasteiger charge is 2.23. The molecule has 3 heteroatoms. The highest BCUT2D eigenvalue weighted by molar-refractivity contribution is 7.17. The zero-order valence-electron chi connectivity index (χ0n) is 21.1. The van der Waals surface area contributed by atoms with E-state index in [0.717, 1.165) is 17.8 Å². The number of para-hydroxylation sites is 3. The van der Waals surface area contributed by atoms with Crippen LogP contribution in [0, 0.1) is 5.92 Å². The van der Waals surface area contributed by atoms with Crippen LogP contribution in [0.25, 0.3) is 38.2 Å². The van der Waals surface area contributed by atoms with E-state index in [1.807, 2.05) is 11.3 Å². The van der Waals surface area contributed by atoms with Crippen molar-refractivity contribution in [3.63, 3.8) is 0 Å². The van der Waals surface area contributed by atoms with Crippen LogP contribution in [0.3, 0.4) is 0 Å². The van der Waals surface area contributed by atoms with Crippen LogP contribution in [0.2, 0.25) is 0 Å². The summed E-state index contributed by atoms with van der Waals surface area (Å²) in [4.78, 5) is 5.24. The number of hydrogen-bond donors (Lipinski definition) is 0. The van der Waals surface area contributed by atoms with Crippen LogP contribution in [0.4, 0.5) is 0 Å². The minimum absolute atomic E-state index is 0.416. The topological polar surface area (TPSA) is 17.8 Å². The van der Waals surface area contributed by atoms with Crippen LogP contribution in [0.1, 0.15) is 70.1 Å². The first-order chi connectivity index (χ1) is 16.3. The van der Waals surface area contributed by atoms with E-state index < -0.39 is 0 Å². The van der Waals surface area contributed by atoms with Crippen molar-refractivity contribution in [2.45, 2.75) is 59.8 Å². The highest BCUT2D eigenvalue weighted by atomic mass is 32.1. The molecule has 0 unspecified atom stereocenters. The lowest BCUT2D eigenvalue weighted by Gasteiger charge is -2.22. The summed E-state index contributed by atoms with van der Waals surface area (Å²) in [6, 6.07) is 22.3. The number of imidazole rings is 1. The van der Waals surface area contributed by atoms with Gasteiger partial charge in [0.1, 0.15) is 5.82 Å². The summed E-state index contributed by atoms with van der Waals surface area (Å²) >= 11 is 1.82. The zero-order valence-corrected chi connectivity index (χ0v) is 21.9. The molecule has 0 aliphatic carbocycles. The Hall–Kier alpha value is -2.91. The van der Waals surface area contributed by atoms with Gasteiger partial charge in [-0.15, -0.1) is 11.3 Å². The van der Waals surface area contributed by atoms with E-state index in [4.69, 9.17) is 4.98 Å². The molecule has 5 aromatic rings. The molecule has 0 fully saturated rings. The number of aromatic nitrogens is 2. The van der Waals surface area contributed by atoms with Gasteiger partial charge in [-0.1, -0.05) is 77.9 Å². The van der Waals surface area contributed by atoms with Crippen LogP contribution in [0.15, 0.2) is 66.0 Å². The van der Waals surface area contributed by atoms with Crippen LogP contribution in [-0.2, 0) is 6.42 Å². The number of hydrogen-bond acceptors (Lipinski definition) is 2. The Morgan fingerprint density at radius 3 is 2.21 bits per heavy atom. The van der Waals surface area contributed by atoms with E-state index >= 15 is 0 Å². The van der Waals surface area contributed by atoms with Crippen LogP contribution in [0.5, 0.6) is 0 Å². The molecule has 0 aliphatic rings. The maximum Gasteiger partial charge on any atom is 0.147 e. The van der Waals surface area contributed by atoms with Gasteiger partial charge >= 0.3 is 0 Å². The summed E-state index contributed by atoms with van der Waals surface area (Å²) in [6.07, 6.45) is 1.09. The fourth-order valence-electron chi connectivity index (χ4n) is 5.05. The summed E-state index contributed by atoms with van der Waals surface area (Å²) in [6.45, 7) is 13.7. The van der Waals surface area contributed by atoms with Crippen molar-refractivity contribution in [1.82, 2.24) is 9.55 Å². The minimum atomic E-state index is 0.416. The molecule has 0 N–H and O–H groups in total. The van der Waals surface area contributed by atoms with Gasteiger partial charge in [0, 0.05) is 21.0 Å². The Bertz CT molecular complexity index is 1440. The smallest absolute Gasteiger partial charge is 0.147 e. The molecular formula is C31H34N2S. The quantitative estimate of drug-likeness (QED) is 0.244. The van der Waals surface area contributed by atoms with Gasteiger partial charge in [0.2, 0.25) is 0 Å². The summed E-state index contributed by atoms with van der Waals surface area (Å²) in [5, 5.41) is 3.61. The maximum atomic E-state index is 5.24. The predicted octanol–water partition coefficient (Wildman–Crippen LogP) is 9.35. The first-order valence-electron chi connectivity index (χ1n) is 12.5. The lowest BCUT2D eigenvalue weighted by atomic mass is 9.92. The molecule has 174 valence electrons. The van der Waals surface area contributed by atoms with Crippen molar-refractivity contribution in [3.05, 3.63) is 82.7 Å². The molecule has 2 aromatic heterocycles. The summed E-state index contributed by atoms with van der Waals surface area (Å²) in [5.74, 6) is 2.51. The maximum absolute atomic E-state index is 5.24. The molecule has 0 saturated carbocycles. The lowest BCUT2D eigenvalue weighted by Crippen LogP contribution is -2.08. The summed E-state index contributed by atoms with van der Waals surface area (Å²) in [5.41, 5.74) is 8.89. The van der Waals surface area contributed by atoms with Gasteiger partial charge in [0.05, 0.1) is 16.7 Å². The third-order valence-corrected chi connectivity index (χ3v) is 7.61. The molecule has 3 aromatic carbocycles. The normalized spacial score (nSPS) is 12.1. The Morgan fingerprint density at radius 2 is 1.53 bits per heavy atom. The van der Waals surface area contributed by atoms with Crippen molar-refractivity contribution in [3.8, 4) is 17.1 Å². The van der Waals surface area contributed by atoms with Gasteiger partial charge in [-0.3, -0.25) is 4.57 Å². The molecule has 34 heavy (non-hydrogen) atoms. The first kappa shape index (κ1) is 22.9. The number of nitrogens with zero attached hydrogens (tertiary/aromatic N) is 2. The predicted molar refractivity (Wildman–Crippen MR) is 149 cm³/mol. The number of fused-ring (bicyclic) bond motifs is 2. The second-order valence-electron chi connectivity index (χ2n) is 10.4. The minimum Gasteiger partial charge on any atom is -0.292 e. The van der Waals surface area contributed by atoms with E-state index in [9.17, 15) is 0 Å². The van der Waals surface area contributed by atoms with Gasteiger partial charge in [0.25, 0.3) is 0 Å². The summed E-state index contributed by atoms with van der Waals surface area (Å²) < 4.78 is 3.76. The first-order valence-corrected chi connectivity index (χ1v) is 13.3. The molecule has 0 aliphatic heterocycles.